The molecule has 1 aromatic heterocycles. The summed E-state index contributed by atoms with van der Waals surface area (Å²) in [5.41, 5.74) is 3.93. The van der Waals surface area contributed by atoms with Crippen LogP contribution in [0.25, 0.3) is 11.1 Å². The van der Waals surface area contributed by atoms with Crippen molar-refractivity contribution in [1.29, 1.82) is 0 Å². The van der Waals surface area contributed by atoms with Gasteiger partial charge in [-0.25, -0.2) is 0 Å². The van der Waals surface area contributed by atoms with E-state index in [1.807, 2.05) is 66.6 Å². The Labute approximate surface area is 167 Å². The van der Waals surface area contributed by atoms with E-state index in [-0.39, 0.29) is 5.91 Å². The fourth-order valence-corrected chi connectivity index (χ4v) is 3.00. The third kappa shape index (κ3) is 5.08. The van der Waals surface area contributed by atoms with Crippen molar-refractivity contribution in [3.63, 3.8) is 0 Å². The van der Waals surface area contributed by atoms with Crippen LogP contribution >= 0.6 is 0 Å². The molecule has 0 N–H and O–H groups in total. The van der Waals surface area contributed by atoms with Crippen LogP contribution in [0.15, 0.2) is 67.0 Å². The van der Waals surface area contributed by atoms with Gasteiger partial charge in [0, 0.05) is 37.5 Å². The highest BCUT2D eigenvalue weighted by Crippen LogP contribution is 2.21. The van der Waals surface area contributed by atoms with Gasteiger partial charge in [0.05, 0.1) is 12.7 Å². The van der Waals surface area contributed by atoms with Gasteiger partial charge < -0.3 is 9.80 Å². The van der Waals surface area contributed by atoms with E-state index in [9.17, 15) is 4.79 Å². The zero-order valence-electron chi connectivity index (χ0n) is 16.9. The van der Waals surface area contributed by atoms with Crippen molar-refractivity contribution in [2.75, 3.05) is 33.7 Å². The van der Waals surface area contributed by atoms with Gasteiger partial charge in [-0.1, -0.05) is 49.4 Å². The van der Waals surface area contributed by atoms with E-state index < -0.39 is 0 Å². The predicted molar refractivity (Wildman–Crippen MR) is 113 cm³/mol. The smallest absolute Gasteiger partial charge is 0.253 e. The molecular weight excluding hydrogens is 348 g/mol. The zero-order valence-corrected chi connectivity index (χ0v) is 16.9. The van der Waals surface area contributed by atoms with Gasteiger partial charge in [0.15, 0.2) is 0 Å². The summed E-state index contributed by atoms with van der Waals surface area (Å²) in [6.45, 7) is 5.40. The molecule has 0 atom stereocenters. The molecule has 1 amide bonds. The first-order chi connectivity index (χ1) is 13.6. The molecule has 0 saturated carbocycles. The van der Waals surface area contributed by atoms with Gasteiger partial charge in [0.1, 0.15) is 0 Å². The van der Waals surface area contributed by atoms with E-state index in [0.717, 1.165) is 30.8 Å². The Morgan fingerprint density at radius 2 is 1.79 bits per heavy atom. The van der Waals surface area contributed by atoms with Crippen molar-refractivity contribution in [2.24, 2.45) is 0 Å². The summed E-state index contributed by atoms with van der Waals surface area (Å²) in [5.74, 6) is 0.0445. The van der Waals surface area contributed by atoms with Crippen LogP contribution in [-0.2, 0) is 6.54 Å². The largest absolute Gasteiger partial charge is 0.340 e. The van der Waals surface area contributed by atoms with Crippen LogP contribution in [0.1, 0.15) is 22.8 Å². The SMILES string of the molecule is CCN(C)CCN(C)C(=O)c1cccc(-c2cnn(Cc3ccccc3)c2)c1. The summed E-state index contributed by atoms with van der Waals surface area (Å²) in [7, 11) is 3.92. The van der Waals surface area contributed by atoms with E-state index in [4.69, 9.17) is 0 Å². The summed E-state index contributed by atoms with van der Waals surface area (Å²) in [5, 5.41) is 4.47. The van der Waals surface area contributed by atoms with Crippen molar-refractivity contribution in [1.82, 2.24) is 19.6 Å². The van der Waals surface area contributed by atoms with E-state index in [1.54, 1.807) is 4.90 Å². The number of carbonyl (C=O) groups excluding carboxylic acids is 1. The van der Waals surface area contributed by atoms with Gasteiger partial charge in [0.25, 0.3) is 5.91 Å². The van der Waals surface area contributed by atoms with Crippen molar-refractivity contribution >= 4 is 5.91 Å². The first kappa shape index (κ1) is 19.8. The van der Waals surface area contributed by atoms with E-state index in [0.29, 0.717) is 12.1 Å². The molecule has 28 heavy (non-hydrogen) atoms. The molecule has 5 heteroatoms. The number of hydrogen-bond acceptors (Lipinski definition) is 3. The lowest BCUT2D eigenvalue weighted by atomic mass is 10.1. The molecular formula is C23H28N4O. The van der Waals surface area contributed by atoms with Gasteiger partial charge in [-0.2, -0.15) is 5.10 Å². The molecule has 0 spiro atoms. The second kappa shape index (κ2) is 9.33. The summed E-state index contributed by atoms with van der Waals surface area (Å²) in [6.07, 6.45) is 3.88. The maximum absolute atomic E-state index is 12.8. The molecule has 5 nitrogen and oxygen atoms in total. The quantitative estimate of drug-likeness (QED) is 0.603. The summed E-state index contributed by atoms with van der Waals surface area (Å²) in [6, 6.07) is 18.0. The van der Waals surface area contributed by atoms with E-state index in [2.05, 4.69) is 36.1 Å². The van der Waals surface area contributed by atoms with Crippen molar-refractivity contribution in [3.8, 4) is 11.1 Å². The maximum Gasteiger partial charge on any atom is 0.253 e. The highest BCUT2D eigenvalue weighted by Gasteiger charge is 2.13. The summed E-state index contributed by atoms with van der Waals surface area (Å²) >= 11 is 0. The average Bonchev–Trinajstić information content (AvgIpc) is 3.20. The van der Waals surface area contributed by atoms with Crippen molar-refractivity contribution in [2.45, 2.75) is 13.5 Å². The number of hydrogen-bond donors (Lipinski definition) is 0. The van der Waals surface area contributed by atoms with E-state index in [1.165, 1.54) is 5.56 Å². The molecule has 3 aromatic rings. The minimum Gasteiger partial charge on any atom is -0.340 e. The predicted octanol–water partition coefficient (Wildman–Crippen LogP) is 3.62. The Kier molecular flexibility index (Phi) is 6.61. The first-order valence-corrected chi connectivity index (χ1v) is 9.67. The maximum atomic E-state index is 12.8. The average molecular weight is 377 g/mol. The summed E-state index contributed by atoms with van der Waals surface area (Å²) in [4.78, 5) is 16.7. The Balaban J connectivity index is 1.70. The molecule has 146 valence electrons. The lowest BCUT2D eigenvalue weighted by molar-refractivity contribution is 0.0783. The van der Waals surface area contributed by atoms with E-state index >= 15 is 0 Å². The minimum absolute atomic E-state index is 0.0445. The standard InChI is InChI=1S/C23H28N4O/c1-4-25(2)13-14-26(3)23(28)21-12-8-11-20(15-21)22-16-24-27(18-22)17-19-9-6-5-7-10-19/h5-12,15-16,18H,4,13-14,17H2,1-3H3. The zero-order chi connectivity index (χ0) is 19.9. The van der Waals surface area contributed by atoms with Gasteiger partial charge in [-0.05, 0) is 36.9 Å². The molecule has 0 aliphatic rings. The number of amides is 1. The number of nitrogens with zero attached hydrogens (tertiary/aromatic N) is 4. The fourth-order valence-electron chi connectivity index (χ4n) is 3.00. The second-order valence-electron chi connectivity index (χ2n) is 7.12. The third-order valence-electron chi connectivity index (χ3n) is 4.97. The normalized spacial score (nSPS) is 11.0. The molecule has 0 saturated heterocycles. The third-order valence-corrected chi connectivity index (χ3v) is 4.97. The summed E-state index contributed by atoms with van der Waals surface area (Å²) < 4.78 is 1.92. The van der Waals surface area contributed by atoms with Crippen LogP contribution in [0.3, 0.4) is 0 Å². The number of carbonyl (C=O) groups is 1. The highest BCUT2D eigenvalue weighted by atomic mass is 16.2. The van der Waals surface area contributed by atoms with Crippen molar-refractivity contribution in [3.05, 3.63) is 78.1 Å². The molecule has 0 aliphatic carbocycles. The van der Waals surface area contributed by atoms with Crippen molar-refractivity contribution < 1.29 is 4.79 Å². The minimum atomic E-state index is 0.0445. The van der Waals surface area contributed by atoms with Crippen LogP contribution in [0.4, 0.5) is 0 Å². The van der Waals surface area contributed by atoms with Crippen LogP contribution < -0.4 is 0 Å². The molecule has 0 unspecified atom stereocenters. The van der Waals surface area contributed by atoms with Crippen LogP contribution in [0.5, 0.6) is 0 Å². The molecule has 0 bridgehead atoms. The molecule has 0 fully saturated rings. The van der Waals surface area contributed by atoms with Gasteiger partial charge in [-0.15, -0.1) is 0 Å². The molecule has 0 radical (unpaired) electrons. The fraction of sp³-hybridized carbons (Fsp3) is 0.304. The number of aromatic nitrogens is 2. The number of likely N-dealkylation sites (N-methyl/N-ethyl adjacent to an activating group) is 2. The van der Waals surface area contributed by atoms with Gasteiger partial charge in [0.2, 0.25) is 0 Å². The van der Waals surface area contributed by atoms with Gasteiger partial charge in [-0.3, -0.25) is 9.48 Å². The van der Waals surface area contributed by atoms with Crippen LogP contribution in [-0.4, -0.2) is 59.2 Å². The first-order valence-electron chi connectivity index (χ1n) is 9.67. The monoisotopic (exact) mass is 376 g/mol. The highest BCUT2D eigenvalue weighted by molar-refractivity contribution is 5.95. The van der Waals surface area contributed by atoms with Crippen LogP contribution in [0.2, 0.25) is 0 Å². The topological polar surface area (TPSA) is 41.4 Å². The Hall–Kier alpha value is -2.92. The lowest BCUT2D eigenvalue weighted by Crippen LogP contribution is -2.34. The Morgan fingerprint density at radius 1 is 1.00 bits per heavy atom. The van der Waals surface area contributed by atoms with Gasteiger partial charge >= 0.3 is 0 Å². The second-order valence-corrected chi connectivity index (χ2v) is 7.12. The molecule has 1 heterocycles. The molecule has 0 aliphatic heterocycles. The lowest BCUT2D eigenvalue weighted by Gasteiger charge is -2.21. The number of rotatable bonds is 8. The molecule has 2 aromatic carbocycles. The Morgan fingerprint density at radius 3 is 2.54 bits per heavy atom. The Bertz CT molecular complexity index is 904. The molecule has 3 rings (SSSR count). The number of benzene rings is 2. The van der Waals surface area contributed by atoms with Crippen LogP contribution in [0, 0.1) is 0 Å².